The molecule has 40 heavy (non-hydrogen) atoms. The molecule has 2 N–H and O–H groups in total. The Kier molecular flexibility index (Phi) is 8.05. The van der Waals surface area contributed by atoms with Crippen LogP contribution in [0.3, 0.4) is 0 Å². The van der Waals surface area contributed by atoms with Crippen LogP contribution in [0.2, 0.25) is 0 Å². The summed E-state index contributed by atoms with van der Waals surface area (Å²) in [6.45, 7) is 0.766. The van der Waals surface area contributed by atoms with Gasteiger partial charge in [-0.1, -0.05) is 19.1 Å². The molecule has 0 radical (unpaired) electrons. The largest absolute Gasteiger partial charge is 0.573 e. The van der Waals surface area contributed by atoms with E-state index in [1.807, 2.05) is 6.92 Å². The molecule has 4 rings (SSSR count). The maximum Gasteiger partial charge on any atom is 0.573 e. The summed E-state index contributed by atoms with van der Waals surface area (Å²) in [4.78, 5) is 43.7. The van der Waals surface area contributed by atoms with Crippen LogP contribution in [0.4, 0.5) is 22.0 Å². The van der Waals surface area contributed by atoms with Crippen molar-refractivity contribution in [3.05, 3.63) is 53.2 Å². The average molecular weight is 569 g/mol. The van der Waals surface area contributed by atoms with Crippen LogP contribution < -0.4 is 10.5 Å². The molecule has 10 nitrogen and oxygen atoms in total. The summed E-state index contributed by atoms with van der Waals surface area (Å²) in [7, 11) is 1.13. The summed E-state index contributed by atoms with van der Waals surface area (Å²) < 4.78 is 77.3. The van der Waals surface area contributed by atoms with Gasteiger partial charge in [-0.15, -0.1) is 13.2 Å². The van der Waals surface area contributed by atoms with Crippen LogP contribution in [0.25, 0.3) is 10.9 Å². The number of hydrogen-bond donors (Lipinski definition) is 1. The molecule has 0 aliphatic carbocycles. The van der Waals surface area contributed by atoms with E-state index < -0.39 is 78.9 Å². The second kappa shape index (κ2) is 11.2. The zero-order chi connectivity index (χ0) is 29.4. The number of methoxy groups -OCH3 is 1. The van der Waals surface area contributed by atoms with Gasteiger partial charge in [-0.05, 0) is 24.1 Å². The Morgan fingerprint density at radius 1 is 1.23 bits per heavy atom. The number of ketones is 1. The molecule has 2 amide bonds. The van der Waals surface area contributed by atoms with Gasteiger partial charge in [0.2, 0.25) is 5.91 Å². The van der Waals surface area contributed by atoms with Crippen molar-refractivity contribution in [2.75, 3.05) is 13.7 Å². The standard InChI is InChI=1S/C25H24F5N5O5/c1-3-13-8-14-16(9-32-13)35(33-21(14)24(31)38)11-19(37)34-10-15(26)23(39-2)22(34)17(36)7-12-5-4-6-18(20(12)27)40-25(28,29)30/h4-6,8-9,15,22-23H,3,7,10-11H2,1-2H3,(H2,31,38)/t15-,22+,23+/m0/s1. The molecule has 1 aliphatic rings. The molecule has 3 aromatic rings. The first-order chi connectivity index (χ1) is 18.8. The minimum absolute atomic E-state index is 0.108. The van der Waals surface area contributed by atoms with Crippen LogP contribution >= 0.6 is 0 Å². The number of hydrogen-bond acceptors (Lipinski definition) is 7. The number of aromatic nitrogens is 3. The normalized spacial score (nSPS) is 19.3. The number of rotatable bonds is 9. The fraction of sp³-hybridized carbons (Fsp3) is 0.400. The molecule has 3 atom stereocenters. The van der Waals surface area contributed by atoms with E-state index in [1.54, 1.807) is 6.07 Å². The van der Waals surface area contributed by atoms with Gasteiger partial charge in [-0.25, -0.2) is 8.78 Å². The lowest BCUT2D eigenvalue weighted by Crippen LogP contribution is -2.47. The van der Waals surface area contributed by atoms with Crippen molar-refractivity contribution in [2.45, 2.75) is 51.0 Å². The summed E-state index contributed by atoms with van der Waals surface area (Å²) in [5.41, 5.74) is 5.83. The van der Waals surface area contributed by atoms with Crippen molar-refractivity contribution in [1.82, 2.24) is 19.7 Å². The highest BCUT2D eigenvalue weighted by atomic mass is 19.4. The molecule has 15 heteroatoms. The number of aryl methyl sites for hydroxylation is 1. The predicted octanol–water partition coefficient (Wildman–Crippen LogP) is 2.51. The summed E-state index contributed by atoms with van der Waals surface area (Å²) in [6, 6.07) is 2.96. The fourth-order valence-electron chi connectivity index (χ4n) is 4.69. The van der Waals surface area contributed by atoms with Crippen LogP contribution in [0.15, 0.2) is 30.5 Å². The fourth-order valence-corrected chi connectivity index (χ4v) is 4.69. The number of fused-ring (bicyclic) bond motifs is 1. The molecule has 0 saturated carbocycles. The summed E-state index contributed by atoms with van der Waals surface area (Å²) in [5, 5.41) is 4.47. The number of amides is 2. The molecule has 1 fully saturated rings. The smallest absolute Gasteiger partial charge is 0.403 e. The lowest BCUT2D eigenvalue weighted by Gasteiger charge is -2.26. The van der Waals surface area contributed by atoms with E-state index in [2.05, 4.69) is 14.8 Å². The SMILES string of the molecule is CCc1cc2c(C(N)=O)nn(CC(=O)N3C[C@H](F)[C@@H](OC)[C@H]3C(=O)Cc3cccc(OC(F)(F)F)c3F)c2cn1. The van der Waals surface area contributed by atoms with Gasteiger partial charge in [0.15, 0.2) is 23.0 Å². The zero-order valence-electron chi connectivity index (χ0n) is 21.2. The maximum atomic E-state index is 14.9. The van der Waals surface area contributed by atoms with Crippen LogP contribution in [0, 0.1) is 5.82 Å². The molecule has 1 saturated heterocycles. The summed E-state index contributed by atoms with van der Waals surface area (Å²) in [6.07, 6.45) is -7.20. The first kappa shape index (κ1) is 28.9. The second-order valence-electron chi connectivity index (χ2n) is 9.04. The van der Waals surface area contributed by atoms with Gasteiger partial charge < -0.3 is 20.1 Å². The average Bonchev–Trinajstić information content (AvgIpc) is 3.42. The molecule has 0 bridgehead atoms. The molecule has 1 aromatic carbocycles. The highest BCUT2D eigenvalue weighted by Crippen LogP contribution is 2.30. The number of primary amides is 1. The number of carbonyl (C=O) groups is 3. The molecule has 2 aromatic heterocycles. The Bertz CT molecular complexity index is 1460. The Labute approximate surface area is 223 Å². The van der Waals surface area contributed by atoms with Crippen molar-refractivity contribution in [3.63, 3.8) is 0 Å². The Morgan fingerprint density at radius 3 is 2.58 bits per heavy atom. The zero-order valence-corrected chi connectivity index (χ0v) is 21.2. The van der Waals surface area contributed by atoms with Crippen molar-refractivity contribution in [2.24, 2.45) is 5.73 Å². The number of nitrogens with two attached hydrogens (primary N) is 1. The number of Topliss-reactive ketones (excluding diaryl/α,β-unsaturated/α-hetero) is 1. The van der Waals surface area contributed by atoms with Gasteiger partial charge in [0.25, 0.3) is 5.91 Å². The topological polar surface area (TPSA) is 130 Å². The van der Waals surface area contributed by atoms with Crippen molar-refractivity contribution in [1.29, 1.82) is 0 Å². The van der Waals surface area contributed by atoms with Crippen LogP contribution in [-0.4, -0.2) is 75.6 Å². The number of alkyl halides is 4. The summed E-state index contributed by atoms with van der Waals surface area (Å²) in [5.74, 6) is -5.06. The van der Waals surface area contributed by atoms with Crippen LogP contribution in [0.1, 0.15) is 28.7 Å². The minimum Gasteiger partial charge on any atom is -0.403 e. The van der Waals surface area contributed by atoms with Crippen LogP contribution in [0.5, 0.6) is 5.75 Å². The third-order valence-corrected chi connectivity index (χ3v) is 6.50. The number of nitrogens with zero attached hydrogens (tertiary/aromatic N) is 4. The predicted molar refractivity (Wildman–Crippen MR) is 128 cm³/mol. The summed E-state index contributed by atoms with van der Waals surface area (Å²) >= 11 is 0. The number of ether oxygens (including phenoxy) is 2. The van der Waals surface area contributed by atoms with Gasteiger partial charge >= 0.3 is 6.36 Å². The van der Waals surface area contributed by atoms with Crippen LogP contribution in [-0.2, 0) is 33.7 Å². The van der Waals surface area contributed by atoms with E-state index in [4.69, 9.17) is 10.5 Å². The third-order valence-electron chi connectivity index (χ3n) is 6.50. The molecule has 0 spiro atoms. The van der Waals surface area contributed by atoms with E-state index in [1.165, 1.54) is 6.20 Å². The molecule has 1 aliphatic heterocycles. The van der Waals surface area contributed by atoms with E-state index in [-0.39, 0.29) is 5.69 Å². The van der Waals surface area contributed by atoms with Crippen molar-refractivity contribution >= 4 is 28.5 Å². The number of halogens is 5. The monoisotopic (exact) mass is 569 g/mol. The first-order valence-corrected chi connectivity index (χ1v) is 12.0. The Balaban J connectivity index is 1.62. The van der Waals surface area contributed by atoms with Gasteiger partial charge in [-0.3, -0.25) is 24.0 Å². The van der Waals surface area contributed by atoms with Gasteiger partial charge in [-0.2, -0.15) is 5.10 Å². The van der Waals surface area contributed by atoms with E-state index in [9.17, 15) is 36.3 Å². The van der Waals surface area contributed by atoms with E-state index >= 15 is 0 Å². The van der Waals surface area contributed by atoms with E-state index in [0.717, 1.165) is 34.9 Å². The lowest BCUT2D eigenvalue weighted by atomic mass is 9.99. The number of benzene rings is 1. The maximum absolute atomic E-state index is 14.9. The molecular weight excluding hydrogens is 545 g/mol. The lowest BCUT2D eigenvalue weighted by molar-refractivity contribution is -0.275. The van der Waals surface area contributed by atoms with Gasteiger partial charge in [0.1, 0.15) is 24.9 Å². The van der Waals surface area contributed by atoms with Gasteiger partial charge in [0.05, 0.1) is 18.3 Å². The molecule has 0 unspecified atom stereocenters. The molecule has 3 heterocycles. The third kappa shape index (κ3) is 5.73. The molecule has 214 valence electrons. The molecular formula is C25H24F5N5O5. The van der Waals surface area contributed by atoms with E-state index in [0.29, 0.717) is 23.0 Å². The number of likely N-dealkylation sites (tertiary alicyclic amines) is 1. The first-order valence-electron chi connectivity index (χ1n) is 12.0. The van der Waals surface area contributed by atoms with Crippen molar-refractivity contribution < 1.29 is 45.8 Å². The van der Waals surface area contributed by atoms with Gasteiger partial charge in [0, 0.05) is 24.6 Å². The highest BCUT2D eigenvalue weighted by Gasteiger charge is 2.48. The Hall–Kier alpha value is -4.14. The second-order valence-corrected chi connectivity index (χ2v) is 9.04. The quantitative estimate of drug-likeness (QED) is 0.392. The van der Waals surface area contributed by atoms with Crippen molar-refractivity contribution in [3.8, 4) is 5.75 Å². The highest BCUT2D eigenvalue weighted by molar-refractivity contribution is 6.04. The number of carbonyl (C=O) groups excluding carboxylic acids is 3. The number of pyridine rings is 1. The minimum atomic E-state index is -5.17. The Morgan fingerprint density at radius 2 is 1.95 bits per heavy atom.